The molecule has 2 aliphatic heterocycles. The van der Waals surface area contributed by atoms with Crippen LogP contribution in [0.3, 0.4) is 0 Å². The van der Waals surface area contributed by atoms with Gasteiger partial charge in [0.05, 0.1) is 24.9 Å². The summed E-state index contributed by atoms with van der Waals surface area (Å²) < 4.78 is 23.8. The Morgan fingerprint density at radius 2 is 1.95 bits per heavy atom. The number of methoxy groups -OCH3 is 1. The van der Waals surface area contributed by atoms with Crippen LogP contribution in [0, 0.1) is 28.1 Å². The maximum absolute atomic E-state index is 13.9. The molecular weight excluding hydrogens is 472 g/mol. The number of allylic oxidation sites excluding steroid dienone is 1. The summed E-state index contributed by atoms with van der Waals surface area (Å²) >= 11 is 0. The van der Waals surface area contributed by atoms with Gasteiger partial charge in [0, 0.05) is 47.5 Å². The van der Waals surface area contributed by atoms with Crippen LogP contribution in [0.2, 0.25) is 0 Å². The number of Topliss-reactive ketones (excluding diaryl/α,β-unsaturated/α-hetero) is 1. The van der Waals surface area contributed by atoms with E-state index in [0.717, 1.165) is 18.6 Å². The second-order valence-corrected chi connectivity index (χ2v) is 12.5. The number of furan rings is 1. The lowest BCUT2D eigenvalue weighted by atomic mass is 9.40. The Hall–Kier alpha value is -2.41. The zero-order valence-corrected chi connectivity index (χ0v) is 22.7. The fourth-order valence-corrected chi connectivity index (χ4v) is 9.56. The van der Waals surface area contributed by atoms with E-state index in [2.05, 4.69) is 26.8 Å². The molecule has 5 aliphatic rings. The average Bonchev–Trinajstić information content (AvgIpc) is 3.59. The summed E-state index contributed by atoms with van der Waals surface area (Å²) in [4.78, 5) is 39.7. The van der Waals surface area contributed by atoms with Crippen molar-refractivity contribution in [3.63, 3.8) is 0 Å². The quantitative estimate of drug-likeness (QED) is 0.410. The molecule has 0 aromatic carbocycles. The number of ketones is 1. The van der Waals surface area contributed by atoms with Crippen LogP contribution in [0.1, 0.15) is 84.0 Å². The molecule has 2 unspecified atom stereocenters. The lowest BCUT2D eigenvalue weighted by Gasteiger charge is -2.60. The van der Waals surface area contributed by atoms with Crippen LogP contribution in [0.15, 0.2) is 27.9 Å². The Balaban J connectivity index is 1.53. The number of carbonyl (C=O) groups excluding carboxylic acids is 3. The first-order valence-corrected chi connectivity index (χ1v) is 13.8. The summed E-state index contributed by atoms with van der Waals surface area (Å²) in [5.74, 6) is 0.386. The Kier molecular flexibility index (Phi) is 5.41. The molecule has 4 fully saturated rings. The molecule has 0 N–H and O–H groups in total. The Morgan fingerprint density at radius 3 is 2.65 bits per heavy atom. The highest BCUT2D eigenvalue weighted by atomic mass is 16.6. The molecule has 0 amide bonds. The summed E-state index contributed by atoms with van der Waals surface area (Å²) in [6.45, 7) is 10.5. The fourth-order valence-electron chi connectivity index (χ4n) is 9.56. The highest BCUT2D eigenvalue weighted by molar-refractivity contribution is 5.92. The molecule has 0 radical (unpaired) electrons. The van der Waals surface area contributed by atoms with Gasteiger partial charge in [0.15, 0.2) is 0 Å². The number of hydrogen-bond donors (Lipinski definition) is 0. The lowest BCUT2D eigenvalue weighted by molar-refractivity contribution is -0.195. The van der Waals surface area contributed by atoms with Crippen molar-refractivity contribution >= 4 is 17.7 Å². The normalized spacial score (nSPS) is 43.9. The number of ether oxygens (including phenoxy) is 3. The zero-order valence-electron chi connectivity index (χ0n) is 22.7. The first-order valence-electron chi connectivity index (χ1n) is 13.8. The van der Waals surface area contributed by atoms with Gasteiger partial charge in [-0.1, -0.05) is 26.3 Å². The highest BCUT2D eigenvalue weighted by Crippen LogP contribution is 2.73. The van der Waals surface area contributed by atoms with Crippen molar-refractivity contribution in [3.05, 3.63) is 34.8 Å². The molecule has 37 heavy (non-hydrogen) atoms. The molecule has 7 heteroatoms. The Labute approximate surface area is 218 Å². The summed E-state index contributed by atoms with van der Waals surface area (Å²) in [7, 11) is 1.40. The predicted molar refractivity (Wildman–Crippen MR) is 133 cm³/mol. The van der Waals surface area contributed by atoms with Gasteiger partial charge in [-0.15, -0.1) is 0 Å². The van der Waals surface area contributed by atoms with Crippen LogP contribution in [0.25, 0.3) is 0 Å². The maximum atomic E-state index is 13.9. The number of hydrogen-bond acceptors (Lipinski definition) is 7. The van der Waals surface area contributed by atoms with Crippen LogP contribution in [-0.4, -0.2) is 43.1 Å². The standard InChI is InChI=1S/C30H38O7/c1-7-18-16(11-13-35-18)17-14-19-23(15(17)2)30(5)20(8-9-22(32)34-6)29(4)21(31)10-12-28(3)25(29)24(26(30)36-19)37-27(28)33/h11,13,17,19-20,24-26H,7-10,12,14H2,1-6H3/t17?,19?,20-,24-,25+,26-,28-,29+,30-/m1/s1. The van der Waals surface area contributed by atoms with E-state index in [-0.39, 0.29) is 54.1 Å². The van der Waals surface area contributed by atoms with Crippen molar-refractivity contribution in [3.8, 4) is 0 Å². The summed E-state index contributed by atoms with van der Waals surface area (Å²) in [5.41, 5.74) is 1.59. The molecule has 0 bridgehead atoms. The molecule has 3 heterocycles. The number of rotatable bonds is 5. The molecular formula is C30H38O7. The van der Waals surface area contributed by atoms with E-state index in [4.69, 9.17) is 18.6 Å². The molecule has 2 saturated carbocycles. The van der Waals surface area contributed by atoms with Gasteiger partial charge in [0.2, 0.25) is 0 Å². The van der Waals surface area contributed by atoms with Crippen LogP contribution >= 0.6 is 0 Å². The van der Waals surface area contributed by atoms with Gasteiger partial charge in [-0.05, 0) is 50.7 Å². The van der Waals surface area contributed by atoms with Crippen molar-refractivity contribution in [2.75, 3.05) is 7.11 Å². The van der Waals surface area contributed by atoms with E-state index in [1.165, 1.54) is 23.8 Å². The largest absolute Gasteiger partial charge is 0.469 e. The van der Waals surface area contributed by atoms with Gasteiger partial charge < -0.3 is 18.6 Å². The third kappa shape index (κ3) is 2.95. The third-order valence-corrected chi connectivity index (χ3v) is 11.1. The summed E-state index contributed by atoms with van der Waals surface area (Å²) in [6.07, 6.45) is 4.00. The van der Waals surface area contributed by atoms with Gasteiger partial charge >= 0.3 is 11.9 Å². The molecule has 3 aliphatic carbocycles. The number of carbonyl (C=O) groups is 3. The van der Waals surface area contributed by atoms with Crippen molar-refractivity contribution in [1.82, 2.24) is 0 Å². The minimum Gasteiger partial charge on any atom is -0.469 e. The van der Waals surface area contributed by atoms with Crippen molar-refractivity contribution < 1.29 is 33.0 Å². The summed E-state index contributed by atoms with van der Waals surface area (Å²) in [5, 5.41) is 0. The van der Waals surface area contributed by atoms with Gasteiger partial charge in [-0.25, -0.2) is 0 Å². The maximum Gasteiger partial charge on any atom is 0.312 e. The number of fused-ring (bicyclic) bond motifs is 4. The van der Waals surface area contributed by atoms with E-state index < -0.39 is 22.3 Å². The predicted octanol–water partition coefficient (Wildman–Crippen LogP) is 4.92. The van der Waals surface area contributed by atoms with Crippen molar-refractivity contribution in [2.24, 2.45) is 28.1 Å². The van der Waals surface area contributed by atoms with Gasteiger partial charge in [-0.2, -0.15) is 0 Å². The zero-order chi connectivity index (χ0) is 26.5. The van der Waals surface area contributed by atoms with E-state index in [9.17, 15) is 14.4 Å². The minimum atomic E-state index is -0.809. The van der Waals surface area contributed by atoms with Gasteiger partial charge in [0.1, 0.15) is 23.8 Å². The number of aryl methyl sites for hydroxylation is 1. The van der Waals surface area contributed by atoms with Gasteiger partial charge in [-0.3, -0.25) is 14.4 Å². The lowest BCUT2D eigenvalue weighted by Crippen LogP contribution is -2.66. The van der Waals surface area contributed by atoms with E-state index in [1.807, 2.05) is 13.8 Å². The number of esters is 2. The molecule has 0 spiro atoms. The third-order valence-electron chi connectivity index (χ3n) is 11.1. The second-order valence-electron chi connectivity index (χ2n) is 12.5. The minimum absolute atomic E-state index is 0.121. The molecule has 1 aromatic rings. The van der Waals surface area contributed by atoms with Gasteiger partial charge in [0.25, 0.3) is 0 Å². The molecule has 2 saturated heterocycles. The van der Waals surface area contributed by atoms with E-state index in [0.29, 0.717) is 19.3 Å². The smallest absolute Gasteiger partial charge is 0.312 e. The topological polar surface area (TPSA) is 92.0 Å². The summed E-state index contributed by atoms with van der Waals surface area (Å²) in [6, 6.07) is 2.07. The van der Waals surface area contributed by atoms with Crippen LogP contribution in [0.4, 0.5) is 0 Å². The van der Waals surface area contributed by atoms with Crippen molar-refractivity contribution in [1.29, 1.82) is 0 Å². The van der Waals surface area contributed by atoms with Crippen LogP contribution in [0.5, 0.6) is 0 Å². The van der Waals surface area contributed by atoms with Crippen LogP contribution < -0.4 is 0 Å². The van der Waals surface area contributed by atoms with E-state index in [1.54, 1.807) is 6.26 Å². The van der Waals surface area contributed by atoms with Crippen molar-refractivity contribution in [2.45, 2.75) is 97.4 Å². The monoisotopic (exact) mass is 510 g/mol. The highest BCUT2D eigenvalue weighted by Gasteiger charge is 2.78. The molecule has 200 valence electrons. The van der Waals surface area contributed by atoms with Crippen LogP contribution in [-0.2, 0) is 35.0 Å². The average molecular weight is 511 g/mol. The first kappa shape index (κ1) is 24.9. The molecule has 9 atom stereocenters. The van der Waals surface area contributed by atoms with E-state index >= 15 is 0 Å². The first-order chi connectivity index (χ1) is 17.5. The Morgan fingerprint density at radius 1 is 1.19 bits per heavy atom. The molecule has 6 rings (SSSR count). The molecule has 7 nitrogen and oxygen atoms in total. The molecule has 1 aromatic heterocycles. The SMILES string of the molecule is CCc1occc1C1CC2O[C@@H]3[C@@H]4OC(=O)[C@]5(C)CCC(=O)[C@](C)([C@@H](CCC(=O)OC)[C@]3(C)C2=C1C)[C@@H]45. The second kappa shape index (κ2) is 8.05. The fraction of sp³-hybridized carbons (Fsp3) is 0.700. The Bertz CT molecular complexity index is 1210.